The molecule has 4 aromatic rings. The Kier molecular flexibility index (Phi) is 3.80. The van der Waals surface area contributed by atoms with Crippen molar-refractivity contribution >= 4 is 28.4 Å². The van der Waals surface area contributed by atoms with E-state index in [0.29, 0.717) is 12.1 Å². The number of imidazole rings is 1. The highest BCUT2D eigenvalue weighted by Gasteiger charge is 2.09. The SMILES string of the molecule is O=C(NCc1cccs1)c1cccc(-n2cnc3cccnc32)c1. The first-order valence-electron chi connectivity index (χ1n) is 7.50. The van der Waals surface area contributed by atoms with Crippen LogP contribution in [0.15, 0.2) is 66.4 Å². The standard InChI is InChI=1S/C18H14N4OS/c23-18(20-11-15-6-3-9-24-15)13-4-1-5-14(10-13)22-12-21-16-7-2-8-19-17(16)22/h1-10,12H,11H2,(H,20,23). The van der Waals surface area contributed by atoms with E-state index in [0.717, 1.165) is 21.7 Å². The van der Waals surface area contributed by atoms with Crippen LogP contribution in [0.4, 0.5) is 0 Å². The second kappa shape index (κ2) is 6.25. The number of fused-ring (bicyclic) bond motifs is 1. The van der Waals surface area contributed by atoms with Crippen LogP contribution in [0.25, 0.3) is 16.9 Å². The Balaban J connectivity index is 1.60. The molecule has 0 fully saturated rings. The van der Waals surface area contributed by atoms with Gasteiger partial charge in [0.2, 0.25) is 0 Å². The van der Waals surface area contributed by atoms with Crippen LogP contribution in [0.3, 0.4) is 0 Å². The van der Waals surface area contributed by atoms with Gasteiger partial charge in [-0.15, -0.1) is 11.3 Å². The number of nitrogens with one attached hydrogen (secondary N) is 1. The zero-order chi connectivity index (χ0) is 16.4. The van der Waals surface area contributed by atoms with Crippen molar-refractivity contribution < 1.29 is 4.79 Å². The number of nitrogens with zero attached hydrogens (tertiary/aromatic N) is 3. The summed E-state index contributed by atoms with van der Waals surface area (Å²) in [6, 6.07) is 15.2. The predicted octanol–water partition coefficient (Wildman–Crippen LogP) is 3.41. The maximum absolute atomic E-state index is 12.4. The van der Waals surface area contributed by atoms with Crippen molar-refractivity contribution in [3.8, 4) is 5.69 Å². The van der Waals surface area contributed by atoms with E-state index in [2.05, 4.69) is 15.3 Å². The molecule has 0 aliphatic heterocycles. The molecule has 3 aromatic heterocycles. The molecule has 6 heteroatoms. The molecule has 0 spiro atoms. The molecule has 0 bridgehead atoms. The molecule has 3 heterocycles. The second-order valence-corrected chi connectivity index (χ2v) is 6.31. The van der Waals surface area contributed by atoms with Crippen molar-refractivity contribution in [1.82, 2.24) is 19.9 Å². The molecule has 0 unspecified atom stereocenters. The lowest BCUT2D eigenvalue weighted by Crippen LogP contribution is -2.22. The van der Waals surface area contributed by atoms with Crippen LogP contribution in [0.5, 0.6) is 0 Å². The first-order chi connectivity index (χ1) is 11.8. The summed E-state index contributed by atoms with van der Waals surface area (Å²) < 4.78 is 1.88. The van der Waals surface area contributed by atoms with E-state index in [1.165, 1.54) is 0 Å². The lowest BCUT2D eigenvalue weighted by molar-refractivity contribution is 0.0951. The highest BCUT2D eigenvalue weighted by atomic mass is 32.1. The highest BCUT2D eigenvalue weighted by Crippen LogP contribution is 2.17. The third-order valence-corrected chi connectivity index (χ3v) is 4.57. The third-order valence-electron chi connectivity index (χ3n) is 3.70. The number of hydrogen-bond acceptors (Lipinski definition) is 4. The molecule has 24 heavy (non-hydrogen) atoms. The smallest absolute Gasteiger partial charge is 0.251 e. The maximum Gasteiger partial charge on any atom is 0.251 e. The first kappa shape index (κ1) is 14.6. The third kappa shape index (κ3) is 2.79. The molecule has 1 N–H and O–H groups in total. The van der Waals surface area contributed by atoms with E-state index in [4.69, 9.17) is 0 Å². The Hall–Kier alpha value is -2.99. The molecule has 1 aromatic carbocycles. The van der Waals surface area contributed by atoms with Crippen molar-refractivity contribution in [2.24, 2.45) is 0 Å². The van der Waals surface area contributed by atoms with E-state index < -0.39 is 0 Å². The highest BCUT2D eigenvalue weighted by molar-refractivity contribution is 7.09. The Morgan fingerprint density at radius 1 is 1.12 bits per heavy atom. The first-order valence-corrected chi connectivity index (χ1v) is 8.38. The molecular weight excluding hydrogens is 320 g/mol. The summed E-state index contributed by atoms with van der Waals surface area (Å²) in [6.45, 7) is 0.538. The van der Waals surface area contributed by atoms with Gasteiger partial charge in [0.05, 0.1) is 6.54 Å². The molecule has 0 aliphatic carbocycles. The van der Waals surface area contributed by atoms with E-state index in [9.17, 15) is 4.79 Å². The van der Waals surface area contributed by atoms with Crippen molar-refractivity contribution in [2.75, 3.05) is 0 Å². The Bertz CT molecular complexity index is 991. The summed E-state index contributed by atoms with van der Waals surface area (Å²) >= 11 is 1.63. The average molecular weight is 334 g/mol. The minimum Gasteiger partial charge on any atom is -0.347 e. The number of carbonyl (C=O) groups is 1. The van der Waals surface area contributed by atoms with E-state index in [-0.39, 0.29) is 5.91 Å². The molecule has 0 saturated carbocycles. The van der Waals surface area contributed by atoms with Gasteiger partial charge >= 0.3 is 0 Å². The molecule has 1 amide bonds. The second-order valence-electron chi connectivity index (χ2n) is 5.27. The quantitative estimate of drug-likeness (QED) is 0.622. The monoisotopic (exact) mass is 334 g/mol. The van der Waals surface area contributed by atoms with Crippen LogP contribution < -0.4 is 5.32 Å². The molecular formula is C18H14N4OS. The maximum atomic E-state index is 12.4. The van der Waals surface area contributed by atoms with Gasteiger partial charge in [-0.05, 0) is 41.8 Å². The topological polar surface area (TPSA) is 59.8 Å². The zero-order valence-corrected chi connectivity index (χ0v) is 13.5. The Morgan fingerprint density at radius 3 is 2.96 bits per heavy atom. The molecule has 5 nitrogen and oxygen atoms in total. The number of hydrogen-bond donors (Lipinski definition) is 1. The number of amides is 1. The summed E-state index contributed by atoms with van der Waals surface area (Å²) in [7, 11) is 0. The molecule has 0 aliphatic rings. The average Bonchev–Trinajstić information content (AvgIpc) is 3.29. The van der Waals surface area contributed by atoms with Crippen LogP contribution in [-0.2, 0) is 6.54 Å². The summed E-state index contributed by atoms with van der Waals surface area (Å²) in [5.74, 6) is -0.0948. The summed E-state index contributed by atoms with van der Waals surface area (Å²) in [4.78, 5) is 22.2. The zero-order valence-electron chi connectivity index (χ0n) is 12.7. The van der Waals surface area contributed by atoms with Crippen LogP contribution in [0, 0.1) is 0 Å². The van der Waals surface area contributed by atoms with Gasteiger partial charge in [-0.2, -0.15) is 0 Å². The number of benzene rings is 1. The van der Waals surface area contributed by atoms with Crippen molar-refractivity contribution in [3.05, 3.63) is 76.9 Å². The number of pyridine rings is 1. The van der Waals surface area contributed by atoms with Crippen LogP contribution in [0.2, 0.25) is 0 Å². The number of rotatable bonds is 4. The number of aromatic nitrogens is 3. The molecule has 0 saturated heterocycles. The van der Waals surface area contributed by atoms with Gasteiger partial charge in [0.1, 0.15) is 11.8 Å². The Morgan fingerprint density at radius 2 is 2.08 bits per heavy atom. The van der Waals surface area contributed by atoms with Crippen molar-refractivity contribution in [1.29, 1.82) is 0 Å². The van der Waals surface area contributed by atoms with E-state index in [1.54, 1.807) is 29.9 Å². The normalized spacial score (nSPS) is 10.8. The van der Waals surface area contributed by atoms with Gasteiger partial charge in [0.25, 0.3) is 5.91 Å². The van der Waals surface area contributed by atoms with E-state index in [1.807, 2.05) is 52.4 Å². The molecule has 118 valence electrons. The molecule has 4 rings (SSSR count). The molecule has 0 radical (unpaired) electrons. The molecule has 0 atom stereocenters. The van der Waals surface area contributed by atoms with Crippen LogP contribution in [0.1, 0.15) is 15.2 Å². The fraction of sp³-hybridized carbons (Fsp3) is 0.0556. The van der Waals surface area contributed by atoms with Gasteiger partial charge in [-0.3, -0.25) is 9.36 Å². The van der Waals surface area contributed by atoms with Crippen molar-refractivity contribution in [3.63, 3.8) is 0 Å². The fourth-order valence-corrected chi connectivity index (χ4v) is 3.16. The summed E-state index contributed by atoms with van der Waals surface area (Å²) in [6.07, 6.45) is 3.46. The summed E-state index contributed by atoms with van der Waals surface area (Å²) in [5, 5.41) is 4.94. The number of thiophene rings is 1. The predicted molar refractivity (Wildman–Crippen MR) is 94.4 cm³/mol. The van der Waals surface area contributed by atoms with Gasteiger partial charge in [0.15, 0.2) is 5.65 Å². The minimum absolute atomic E-state index is 0.0948. The van der Waals surface area contributed by atoms with Crippen LogP contribution in [-0.4, -0.2) is 20.4 Å². The van der Waals surface area contributed by atoms with Gasteiger partial charge in [0, 0.05) is 22.3 Å². The fourth-order valence-electron chi connectivity index (χ4n) is 2.52. The number of carbonyl (C=O) groups excluding carboxylic acids is 1. The van der Waals surface area contributed by atoms with Gasteiger partial charge in [-0.1, -0.05) is 12.1 Å². The van der Waals surface area contributed by atoms with Gasteiger partial charge < -0.3 is 5.32 Å². The van der Waals surface area contributed by atoms with Gasteiger partial charge in [-0.25, -0.2) is 9.97 Å². The Labute approximate surface area is 142 Å². The largest absolute Gasteiger partial charge is 0.347 e. The van der Waals surface area contributed by atoms with Crippen LogP contribution >= 0.6 is 11.3 Å². The van der Waals surface area contributed by atoms with Crippen molar-refractivity contribution in [2.45, 2.75) is 6.54 Å². The minimum atomic E-state index is -0.0948. The lowest BCUT2D eigenvalue weighted by Gasteiger charge is -2.07. The lowest BCUT2D eigenvalue weighted by atomic mass is 10.2. The summed E-state index contributed by atoms with van der Waals surface area (Å²) in [5.41, 5.74) is 3.07. The van der Waals surface area contributed by atoms with E-state index >= 15 is 0 Å².